The molecule has 6 heteroatoms. The van der Waals surface area contributed by atoms with Gasteiger partial charge in [0.05, 0.1) is 6.21 Å². The molecule has 0 spiro atoms. The summed E-state index contributed by atoms with van der Waals surface area (Å²) in [6, 6.07) is 16.0. The Balaban J connectivity index is 1.66. The minimum Gasteiger partial charge on any atom is -0.489 e. The summed E-state index contributed by atoms with van der Waals surface area (Å²) >= 11 is 5.18. The molecule has 1 aromatic heterocycles. The van der Waals surface area contributed by atoms with Gasteiger partial charge in [0.15, 0.2) is 5.82 Å². The lowest BCUT2D eigenvalue weighted by atomic mass is 10.1. The van der Waals surface area contributed by atoms with Gasteiger partial charge in [0, 0.05) is 6.42 Å². The zero-order valence-corrected chi connectivity index (χ0v) is 15.1. The van der Waals surface area contributed by atoms with Gasteiger partial charge in [-0.15, -0.1) is 0 Å². The fourth-order valence-electron chi connectivity index (χ4n) is 2.38. The van der Waals surface area contributed by atoms with E-state index in [4.69, 9.17) is 17.0 Å². The number of nitrogens with zero attached hydrogens (tertiary/aromatic N) is 3. The van der Waals surface area contributed by atoms with Crippen LogP contribution in [-0.4, -0.2) is 21.1 Å². The fraction of sp³-hybridized carbons (Fsp3) is 0.211. The summed E-state index contributed by atoms with van der Waals surface area (Å²) in [4.78, 5) is 0. The van der Waals surface area contributed by atoms with Gasteiger partial charge >= 0.3 is 0 Å². The third-order valence-corrected chi connectivity index (χ3v) is 4.16. The number of H-pyrrole nitrogens is 1. The molecule has 0 bridgehead atoms. The van der Waals surface area contributed by atoms with E-state index in [1.54, 1.807) is 10.9 Å². The van der Waals surface area contributed by atoms with Crippen molar-refractivity contribution in [2.24, 2.45) is 5.10 Å². The van der Waals surface area contributed by atoms with Gasteiger partial charge in [-0.25, -0.2) is 0 Å². The molecule has 0 aliphatic heterocycles. The Labute approximate surface area is 152 Å². The monoisotopic (exact) mass is 352 g/mol. The van der Waals surface area contributed by atoms with Crippen LogP contribution in [0, 0.1) is 11.7 Å². The molecule has 1 heterocycles. The number of hydrogen-bond acceptors (Lipinski definition) is 4. The fourth-order valence-corrected chi connectivity index (χ4v) is 2.58. The Kier molecular flexibility index (Phi) is 5.40. The van der Waals surface area contributed by atoms with Gasteiger partial charge in [-0.2, -0.15) is 14.9 Å². The molecule has 0 aliphatic carbocycles. The van der Waals surface area contributed by atoms with Gasteiger partial charge in [-0.1, -0.05) is 31.2 Å². The molecule has 3 aromatic rings. The highest BCUT2D eigenvalue weighted by Crippen LogP contribution is 2.15. The zero-order valence-electron chi connectivity index (χ0n) is 14.3. The predicted octanol–water partition coefficient (Wildman–Crippen LogP) is 4.27. The third-order valence-electron chi connectivity index (χ3n) is 3.89. The summed E-state index contributed by atoms with van der Waals surface area (Å²) < 4.78 is 7.98. The van der Waals surface area contributed by atoms with Crippen molar-refractivity contribution in [3.05, 3.63) is 75.8 Å². The Morgan fingerprint density at radius 1 is 1.20 bits per heavy atom. The van der Waals surface area contributed by atoms with Crippen molar-refractivity contribution < 1.29 is 4.74 Å². The van der Waals surface area contributed by atoms with Crippen molar-refractivity contribution in [2.45, 2.75) is 26.9 Å². The van der Waals surface area contributed by atoms with Crippen molar-refractivity contribution in [2.75, 3.05) is 0 Å². The standard InChI is InChI=1S/C19H20N4OS/c1-3-18-21-22-19(25)23(18)20-12-15-8-10-17(11-9-15)24-13-16-7-5-4-6-14(16)2/h4-12H,3,13H2,1-2H3,(H,22,25)/b20-12+. The first kappa shape index (κ1) is 17.1. The Morgan fingerprint density at radius 3 is 2.68 bits per heavy atom. The van der Waals surface area contributed by atoms with Crippen LogP contribution in [0.1, 0.15) is 29.4 Å². The number of aryl methyl sites for hydroxylation is 2. The number of benzene rings is 2. The number of ether oxygens (including phenoxy) is 1. The summed E-state index contributed by atoms with van der Waals surface area (Å²) in [7, 11) is 0. The molecule has 5 nitrogen and oxygen atoms in total. The average Bonchev–Trinajstić information content (AvgIpc) is 3.00. The molecule has 1 N–H and O–H groups in total. The lowest BCUT2D eigenvalue weighted by molar-refractivity contribution is 0.305. The molecule has 2 aromatic carbocycles. The molecular formula is C19H20N4OS. The largest absolute Gasteiger partial charge is 0.489 e. The SMILES string of the molecule is CCc1n[nH]c(=S)n1/N=C/c1ccc(OCc2ccccc2C)cc1. The van der Waals surface area contributed by atoms with E-state index in [1.807, 2.05) is 43.3 Å². The molecule has 0 unspecified atom stereocenters. The smallest absolute Gasteiger partial charge is 0.216 e. The van der Waals surface area contributed by atoms with Gasteiger partial charge in [0.1, 0.15) is 12.4 Å². The second-order valence-electron chi connectivity index (χ2n) is 5.64. The van der Waals surface area contributed by atoms with Crippen LogP contribution >= 0.6 is 12.2 Å². The van der Waals surface area contributed by atoms with Crippen molar-refractivity contribution in [1.82, 2.24) is 14.9 Å². The lowest BCUT2D eigenvalue weighted by Gasteiger charge is -2.08. The first-order valence-corrected chi connectivity index (χ1v) is 8.56. The zero-order chi connectivity index (χ0) is 17.6. The number of nitrogens with one attached hydrogen (secondary N) is 1. The number of aromatic amines is 1. The van der Waals surface area contributed by atoms with Gasteiger partial charge in [0.2, 0.25) is 4.77 Å². The molecule has 0 saturated carbocycles. The van der Waals surface area contributed by atoms with Gasteiger partial charge < -0.3 is 4.74 Å². The van der Waals surface area contributed by atoms with Crippen molar-refractivity contribution >= 4 is 18.4 Å². The summed E-state index contributed by atoms with van der Waals surface area (Å²) in [5.41, 5.74) is 3.39. The van der Waals surface area contributed by atoms with E-state index in [1.165, 1.54) is 11.1 Å². The van der Waals surface area contributed by atoms with E-state index in [-0.39, 0.29) is 0 Å². The molecule has 25 heavy (non-hydrogen) atoms. The second-order valence-corrected chi connectivity index (χ2v) is 6.03. The third kappa shape index (κ3) is 4.22. The van der Waals surface area contributed by atoms with Crippen molar-refractivity contribution in [3.63, 3.8) is 0 Å². The molecular weight excluding hydrogens is 332 g/mol. The Hall–Kier alpha value is -2.73. The van der Waals surface area contributed by atoms with Crippen LogP contribution in [0.2, 0.25) is 0 Å². The summed E-state index contributed by atoms with van der Waals surface area (Å²) in [6.45, 7) is 4.66. The summed E-state index contributed by atoms with van der Waals surface area (Å²) in [5.74, 6) is 1.63. The number of aromatic nitrogens is 3. The van der Waals surface area contributed by atoms with Crippen LogP contribution in [0.5, 0.6) is 5.75 Å². The van der Waals surface area contributed by atoms with E-state index >= 15 is 0 Å². The van der Waals surface area contributed by atoms with Crippen molar-refractivity contribution in [3.8, 4) is 5.75 Å². The molecule has 0 atom stereocenters. The maximum atomic E-state index is 5.85. The average molecular weight is 352 g/mol. The van der Waals surface area contributed by atoms with E-state index in [9.17, 15) is 0 Å². The first-order valence-electron chi connectivity index (χ1n) is 8.15. The molecule has 0 radical (unpaired) electrons. The highest BCUT2D eigenvalue weighted by Gasteiger charge is 2.02. The van der Waals surface area contributed by atoms with E-state index < -0.39 is 0 Å². The van der Waals surface area contributed by atoms with E-state index in [0.29, 0.717) is 11.4 Å². The summed E-state index contributed by atoms with van der Waals surface area (Å²) in [6.07, 6.45) is 2.52. The minimum atomic E-state index is 0.492. The van der Waals surface area contributed by atoms with Crippen LogP contribution < -0.4 is 4.74 Å². The molecule has 0 aliphatic rings. The highest BCUT2D eigenvalue weighted by atomic mass is 32.1. The number of rotatable bonds is 6. The number of hydrogen-bond donors (Lipinski definition) is 1. The lowest BCUT2D eigenvalue weighted by Crippen LogP contribution is -1.98. The highest BCUT2D eigenvalue weighted by molar-refractivity contribution is 7.71. The van der Waals surface area contributed by atoms with Gasteiger partial charge in [0.25, 0.3) is 0 Å². The Morgan fingerprint density at radius 2 is 1.96 bits per heavy atom. The second kappa shape index (κ2) is 7.90. The normalized spacial score (nSPS) is 11.1. The molecule has 3 rings (SSSR count). The topological polar surface area (TPSA) is 55.2 Å². The first-order chi connectivity index (χ1) is 12.2. The van der Waals surface area contributed by atoms with Crippen molar-refractivity contribution in [1.29, 1.82) is 0 Å². The predicted molar refractivity (Wildman–Crippen MR) is 102 cm³/mol. The maximum Gasteiger partial charge on any atom is 0.216 e. The minimum absolute atomic E-state index is 0.492. The molecule has 0 saturated heterocycles. The van der Waals surface area contributed by atoms with Gasteiger partial charge in [-0.3, -0.25) is 5.10 Å². The van der Waals surface area contributed by atoms with Crippen LogP contribution in [0.25, 0.3) is 0 Å². The van der Waals surface area contributed by atoms with E-state index in [2.05, 4.69) is 34.4 Å². The van der Waals surface area contributed by atoms with Crippen LogP contribution in [-0.2, 0) is 13.0 Å². The van der Waals surface area contributed by atoms with Gasteiger partial charge in [-0.05, 0) is 60.1 Å². The van der Waals surface area contributed by atoms with Crippen LogP contribution in [0.3, 0.4) is 0 Å². The molecule has 0 amide bonds. The van der Waals surface area contributed by atoms with Crippen LogP contribution in [0.4, 0.5) is 0 Å². The molecule has 128 valence electrons. The summed E-state index contributed by atoms with van der Waals surface area (Å²) in [5, 5.41) is 11.3. The quantitative estimate of drug-likeness (QED) is 0.532. The Bertz CT molecular complexity index is 925. The molecule has 0 fully saturated rings. The van der Waals surface area contributed by atoms with E-state index in [0.717, 1.165) is 23.6 Å². The van der Waals surface area contributed by atoms with Crippen LogP contribution in [0.15, 0.2) is 53.6 Å². The maximum absolute atomic E-state index is 5.85.